The molecule has 10 heteroatoms. The van der Waals surface area contributed by atoms with E-state index < -0.39 is 20.0 Å². The number of phosphoric ester groups is 1. The number of ether oxygens (including phenoxy) is 1. The van der Waals surface area contributed by atoms with E-state index in [-0.39, 0.29) is 25.1 Å². The van der Waals surface area contributed by atoms with E-state index >= 15 is 0 Å². The molecule has 0 bridgehead atoms. The van der Waals surface area contributed by atoms with Crippen LogP contribution in [0.15, 0.2) is 24.3 Å². The van der Waals surface area contributed by atoms with Crippen LogP contribution in [0.2, 0.25) is 0 Å². The standard InChI is InChI=1S/C56H109N2O7P/c1-7-10-13-16-19-22-25-27-29-30-33-36-39-42-45-48-55(59)57-53(52-64-66(61,62)63-51-50-58(4,5)6)54(47-44-41-38-35-32-24-21-18-15-12-9-3)65-56(60)49-46-43-40-37-34-31-28-26-23-20-17-14-11-8-2/h22,25,44,47,53-54H,7-21,23-24,26-43,45-46,48-52H2,1-6H3,(H-,57,59,61,62)/p+1/b25-22-,47-44+. The van der Waals surface area contributed by atoms with E-state index in [2.05, 4.69) is 38.2 Å². The molecule has 390 valence electrons. The van der Waals surface area contributed by atoms with Gasteiger partial charge in [0.15, 0.2) is 0 Å². The van der Waals surface area contributed by atoms with Crippen LogP contribution in [0.4, 0.5) is 0 Å². The van der Waals surface area contributed by atoms with E-state index in [1.54, 1.807) is 0 Å². The third-order valence-corrected chi connectivity index (χ3v) is 13.6. The molecule has 0 spiro atoms. The van der Waals surface area contributed by atoms with Crippen LogP contribution in [0.25, 0.3) is 0 Å². The average molecular weight is 954 g/mol. The van der Waals surface area contributed by atoms with Gasteiger partial charge in [0.1, 0.15) is 19.3 Å². The number of hydrogen-bond donors (Lipinski definition) is 2. The molecule has 0 fully saturated rings. The molecule has 0 saturated carbocycles. The molecule has 0 radical (unpaired) electrons. The van der Waals surface area contributed by atoms with Crippen molar-refractivity contribution in [2.45, 2.75) is 283 Å². The van der Waals surface area contributed by atoms with Crippen molar-refractivity contribution in [2.24, 2.45) is 0 Å². The van der Waals surface area contributed by atoms with E-state index in [4.69, 9.17) is 13.8 Å². The number of carbonyl (C=O) groups is 2. The molecule has 0 aromatic carbocycles. The van der Waals surface area contributed by atoms with Crippen LogP contribution in [0, 0.1) is 0 Å². The van der Waals surface area contributed by atoms with Gasteiger partial charge in [-0.2, -0.15) is 0 Å². The van der Waals surface area contributed by atoms with Gasteiger partial charge < -0.3 is 19.4 Å². The third-order valence-electron chi connectivity index (χ3n) is 12.6. The topological polar surface area (TPSA) is 111 Å². The van der Waals surface area contributed by atoms with Crippen molar-refractivity contribution in [3.8, 4) is 0 Å². The molecule has 9 nitrogen and oxygen atoms in total. The second kappa shape index (κ2) is 47.2. The molecule has 0 saturated heterocycles. The number of phosphoric acid groups is 1. The van der Waals surface area contributed by atoms with Gasteiger partial charge >= 0.3 is 13.8 Å². The van der Waals surface area contributed by atoms with Crippen LogP contribution in [-0.4, -0.2) is 74.3 Å². The van der Waals surface area contributed by atoms with Gasteiger partial charge in [-0.25, -0.2) is 4.57 Å². The van der Waals surface area contributed by atoms with Gasteiger partial charge in [-0.1, -0.05) is 225 Å². The molecule has 0 heterocycles. The molecule has 0 aliphatic rings. The van der Waals surface area contributed by atoms with E-state index in [9.17, 15) is 19.0 Å². The van der Waals surface area contributed by atoms with Crippen LogP contribution in [0.3, 0.4) is 0 Å². The molecular formula is C56H110N2O7P+. The van der Waals surface area contributed by atoms with Crippen molar-refractivity contribution >= 4 is 19.7 Å². The molecule has 3 unspecified atom stereocenters. The van der Waals surface area contributed by atoms with Crippen molar-refractivity contribution in [3.05, 3.63) is 24.3 Å². The highest BCUT2D eigenvalue weighted by Gasteiger charge is 2.30. The van der Waals surface area contributed by atoms with E-state index in [1.807, 2.05) is 33.3 Å². The Hall–Kier alpha value is -1.51. The Morgan fingerprint density at radius 2 is 0.879 bits per heavy atom. The minimum atomic E-state index is -4.43. The molecule has 66 heavy (non-hydrogen) atoms. The van der Waals surface area contributed by atoms with Gasteiger partial charge in [-0.3, -0.25) is 18.6 Å². The van der Waals surface area contributed by atoms with Crippen molar-refractivity contribution in [1.29, 1.82) is 0 Å². The fourth-order valence-corrected chi connectivity index (χ4v) is 8.96. The van der Waals surface area contributed by atoms with Crippen molar-refractivity contribution in [3.63, 3.8) is 0 Å². The Morgan fingerprint density at radius 3 is 1.30 bits per heavy atom. The Kier molecular flexibility index (Phi) is 46.1. The predicted molar refractivity (Wildman–Crippen MR) is 282 cm³/mol. The van der Waals surface area contributed by atoms with E-state index in [1.165, 1.54) is 173 Å². The number of amides is 1. The lowest BCUT2D eigenvalue weighted by atomic mass is 10.0. The zero-order valence-electron chi connectivity index (χ0n) is 44.5. The zero-order valence-corrected chi connectivity index (χ0v) is 45.3. The molecule has 0 aliphatic heterocycles. The van der Waals surface area contributed by atoms with Crippen LogP contribution < -0.4 is 5.32 Å². The number of unbranched alkanes of at least 4 members (excludes halogenated alkanes) is 33. The summed E-state index contributed by atoms with van der Waals surface area (Å²) in [5, 5.41) is 3.04. The lowest BCUT2D eigenvalue weighted by molar-refractivity contribution is -0.870. The van der Waals surface area contributed by atoms with Crippen LogP contribution in [-0.2, 0) is 27.9 Å². The first kappa shape index (κ1) is 64.5. The first-order valence-corrected chi connectivity index (χ1v) is 29.7. The summed E-state index contributed by atoms with van der Waals surface area (Å²) in [5.74, 6) is -0.500. The third kappa shape index (κ3) is 47.6. The smallest absolute Gasteiger partial charge is 0.456 e. The summed E-state index contributed by atoms with van der Waals surface area (Å²) in [6.45, 7) is 7.01. The normalized spacial score (nSPS) is 14.0. The summed E-state index contributed by atoms with van der Waals surface area (Å²) in [5.41, 5.74) is 0. The first-order valence-electron chi connectivity index (χ1n) is 28.2. The zero-order chi connectivity index (χ0) is 48.7. The van der Waals surface area contributed by atoms with Crippen LogP contribution in [0.1, 0.15) is 271 Å². The fraction of sp³-hybridized carbons (Fsp3) is 0.893. The van der Waals surface area contributed by atoms with Gasteiger partial charge in [0.05, 0.1) is 33.8 Å². The number of nitrogens with one attached hydrogen (secondary N) is 1. The second-order valence-corrected chi connectivity index (χ2v) is 21.9. The van der Waals surface area contributed by atoms with Crippen molar-refractivity contribution in [1.82, 2.24) is 5.32 Å². The Balaban J connectivity index is 5.33. The maximum absolute atomic E-state index is 13.5. The maximum atomic E-state index is 13.5. The van der Waals surface area contributed by atoms with Gasteiger partial charge in [0.25, 0.3) is 0 Å². The van der Waals surface area contributed by atoms with Gasteiger partial charge in [-0.15, -0.1) is 0 Å². The van der Waals surface area contributed by atoms with Crippen molar-refractivity contribution < 1.29 is 37.3 Å². The highest BCUT2D eigenvalue weighted by atomic mass is 31.2. The van der Waals surface area contributed by atoms with Gasteiger partial charge in [0, 0.05) is 12.8 Å². The number of esters is 1. The highest BCUT2D eigenvalue weighted by molar-refractivity contribution is 7.47. The van der Waals surface area contributed by atoms with Gasteiger partial charge in [0.2, 0.25) is 5.91 Å². The minimum Gasteiger partial charge on any atom is -0.456 e. The Morgan fingerprint density at radius 1 is 0.515 bits per heavy atom. The highest BCUT2D eigenvalue weighted by Crippen LogP contribution is 2.43. The quantitative estimate of drug-likeness (QED) is 0.0205. The fourth-order valence-electron chi connectivity index (χ4n) is 8.23. The molecule has 0 aromatic heterocycles. The van der Waals surface area contributed by atoms with Crippen LogP contribution in [0.5, 0.6) is 0 Å². The summed E-state index contributed by atoms with van der Waals surface area (Å²) in [4.78, 5) is 37.5. The monoisotopic (exact) mass is 954 g/mol. The number of hydrogen-bond acceptors (Lipinski definition) is 6. The lowest BCUT2D eigenvalue weighted by Crippen LogP contribution is -2.47. The SMILES string of the molecule is CCCCCC/C=C\CCCCCCCCCC(=O)NC(COP(=O)(O)OCC[N+](C)(C)C)C(/C=C/CCCCCCCCCCC)OC(=O)CCCCCCCCCCCCCCCC. The minimum absolute atomic E-state index is 0.0425. The summed E-state index contributed by atoms with van der Waals surface area (Å²) in [6.07, 6.45) is 53.0. The number of allylic oxidation sites excluding steroid dienone is 3. The number of likely N-dealkylation sites (N-methyl/N-ethyl adjacent to an activating group) is 1. The number of quaternary nitrogens is 1. The van der Waals surface area contributed by atoms with Crippen LogP contribution >= 0.6 is 7.82 Å². The number of nitrogens with zero attached hydrogens (tertiary/aromatic N) is 1. The summed E-state index contributed by atoms with van der Waals surface area (Å²) in [6, 6.07) is -0.843. The van der Waals surface area contributed by atoms with Crippen molar-refractivity contribution in [2.75, 3.05) is 40.9 Å². The molecule has 0 rings (SSSR count). The number of carbonyl (C=O) groups excluding carboxylic acids is 2. The Bertz CT molecular complexity index is 1190. The summed E-state index contributed by atoms with van der Waals surface area (Å²) in [7, 11) is 1.50. The summed E-state index contributed by atoms with van der Waals surface area (Å²) >= 11 is 0. The average Bonchev–Trinajstić information content (AvgIpc) is 3.27. The molecule has 3 atom stereocenters. The lowest BCUT2D eigenvalue weighted by Gasteiger charge is -2.27. The Labute approximate surface area is 409 Å². The molecule has 0 aromatic rings. The number of rotatable bonds is 51. The molecule has 2 N–H and O–H groups in total. The maximum Gasteiger partial charge on any atom is 0.472 e. The summed E-state index contributed by atoms with van der Waals surface area (Å²) < 4.78 is 30.6. The molecular weight excluding hydrogens is 844 g/mol. The van der Waals surface area contributed by atoms with E-state index in [0.717, 1.165) is 64.2 Å². The molecule has 1 amide bonds. The van der Waals surface area contributed by atoms with Gasteiger partial charge in [-0.05, 0) is 57.4 Å². The predicted octanol–water partition coefficient (Wildman–Crippen LogP) is 16.6. The van der Waals surface area contributed by atoms with E-state index in [0.29, 0.717) is 23.9 Å². The molecule has 0 aliphatic carbocycles. The second-order valence-electron chi connectivity index (χ2n) is 20.5. The first-order chi connectivity index (χ1) is 31.9. The largest absolute Gasteiger partial charge is 0.472 e.